The highest BCUT2D eigenvalue weighted by atomic mass is 32.2. The van der Waals surface area contributed by atoms with Crippen LogP contribution in [0, 0.1) is 6.92 Å². The summed E-state index contributed by atoms with van der Waals surface area (Å²) < 4.78 is 43.2. The van der Waals surface area contributed by atoms with Crippen molar-refractivity contribution in [2.45, 2.75) is 25.2 Å². The lowest BCUT2D eigenvalue weighted by Crippen LogP contribution is -2.40. The highest BCUT2D eigenvalue weighted by molar-refractivity contribution is 7.89. The van der Waals surface area contributed by atoms with Crippen LogP contribution in [0.1, 0.15) is 29.3 Å². The lowest BCUT2D eigenvalue weighted by Gasteiger charge is -2.26. The van der Waals surface area contributed by atoms with Gasteiger partial charge >= 0.3 is 5.97 Å². The number of carbonyl (C=O) groups is 1. The molecule has 8 heteroatoms. The van der Waals surface area contributed by atoms with Gasteiger partial charge in [-0.3, -0.25) is 0 Å². The number of hydrogen-bond donors (Lipinski definition) is 0. The highest BCUT2D eigenvalue weighted by Gasteiger charge is 2.27. The number of esters is 1. The van der Waals surface area contributed by atoms with Gasteiger partial charge in [0.25, 0.3) is 0 Å². The number of carbonyl (C=O) groups excluding carboxylic acids is 1. The summed E-state index contributed by atoms with van der Waals surface area (Å²) in [5.41, 5.74) is 0.851. The van der Waals surface area contributed by atoms with Crippen molar-refractivity contribution in [1.29, 1.82) is 0 Å². The Morgan fingerprint density at radius 3 is 2.38 bits per heavy atom. The Balaban J connectivity index is 1.77. The van der Waals surface area contributed by atoms with Gasteiger partial charge in [-0.2, -0.15) is 4.31 Å². The predicted molar refractivity (Wildman–Crippen MR) is 108 cm³/mol. The Bertz CT molecular complexity index is 950. The summed E-state index contributed by atoms with van der Waals surface area (Å²) in [7, 11) is -3.69. The Hall–Kier alpha value is -2.42. The monoisotopic (exact) mass is 419 g/mol. The van der Waals surface area contributed by atoms with Gasteiger partial charge in [0.15, 0.2) is 0 Å². The van der Waals surface area contributed by atoms with Crippen LogP contribution in [0.15, 0.2) is 47.4 Å². The van der Waals surface area contributed by atoms with E-state index < -0.39 is 16.0 Å². The second kappa shape index (κ2) is 9.39. The van der Waals surface area contributed by atoms with Crippen molar-refractivity contribution >= 4 is 16.0 Å². The molecule has 1 heterocycles. The molecule has 3 rings (SSSR count). The van der Waals surface area contributed by atoms with Crippen molar-refractivity contribution in [3.05, 3.63) is 53.6 Å². The first-order valence-corrected chi connectivity index (χ1v) is 11.0. The van der Waals surface area contributed by atoms with Crippen LogP contribution in [-0.2, 0) is 14.8 Å². The van der Waals surface area contributed by atoms with Crippen LogP contribution < -0.4 is 9.47 Å². The van der Waals surface area contributed by atoms with Crippen molar-refractivity contribution in [3.8, 4) is 11.5 Å². The van der Waals surface area contributed by atoms with Crippen LogP contribution in [0.3, 0.4) is 0 Å². The first-order valence-electron chi connectivity index (χ1n) is 9.55. The van der Waals surface area contributed by atoms with Gasteiger partial charge in [-0.25, -0.2) is 13.2 Å². The largest absolute Gasteiger partial charge is 0.494 e. The van der Waals surface area contributed by atoms with E-state index in [1.807, 2.05) is 6.92 Å². The molecule has 29 heavy (non-hydrogen) atoms. The lowest BCUT2D eigenvalue weighted by atomic mass is 10.1. The summed E-state index contributed by atoms with van der Waals surface area (Å²) in [6.07, 6.45) is 0.902. The van der Waals surface area contributed by atoms with Crippen LogP contribution in [-0.4, -0.2) is 51.6 Å². The molecule has 1 fully saturated rings. The summed E-state index contributed by atoms with van der Waals surface area (Å²) in [6, 6.07) is 11.2. The Labute approximate surface area is 171 Å². The van der Waals surface area contributed by atoms with Crippen LogP contribution in [0.4, 0.5) is 0 Å². The Morgan fingerprint density at radius 2 is 1.72 bits per heavy atom. The molecule has 0 radical (unpaired) electrons. The molecule has 0 aliphatic carbocycles. The molecule has 1 saturated heterocycles. The Morgan fingerprint density at radius 1 is 1.07 bits per heavy atom. The van der Waals surface area contributed by atoms with Gasteiger partial charge in [0.1, 0.15) is 11.5 Å². The molecular formula is C21H25NO6S. The van der Waals surface area contributed by atoms with Gasteiger partial charge in [0.2, 0.25) is 10.0 Å². The van der Waals surface area contributed by atoms with E-state index in [0.29, 0.717) is 50.0 Å². The molecule has 2 aromatic carbocycles. The number of hydrogen-bond acceptors (Lipinski definition) is 6. The number of morpholine rings is 1. The van der Waals surface area contributed by atoms with Crippen molar-refractivity contribution in [2.24, 2.45) is 0 Å². The lowest BCUT2D eigenvalue weighted by molar-refractivity contribution is 0.0727. The van der Waals surface area contributed by atoms with E-state index in [0.717, 1.165) is 6.42 Å². The SMILES string of the molecule is CCCOc1ccc(OC(=O)c2cc(S(=O)(=O)N3CCOCC3)ccc2C)cc1. The molecule has 2 aromatic rings. The van der Waals surface area contributed by atoms with E-state index in [4.69, 9.17) is 14.2 Å². The molecule has 0 bridgehead atoms. The second-order valence-corrected chi connectivity index (χ2v) is 8.64. The van der Waals surface area contributed by atoms with Crippen LogP contribution in [0.2, 0.25) is 0 Å². The van der Waals surface area contributed by atoms with E-state index in [1.165, 1.54) is 16.4 Å². The summed E-state index contributed by atoms with van der Waals surface area (Å²) in [6.45, 7) is 5.68. The van der Waals surface area contributed by atoms with Crippen LogP contribution in [0.5, 0.6) is 11.5 Å². The Kier molecular flexibility index (Phi) is 6.89. The number of benzene rings is 2. The van der Waals surface area contributed by atoms with Gasteiger partial charge in [-0.05, 0) is 55.3 Å². The molecule has 0 aromatic heterocycles. The van der Waals surface area contributed by atoms with Crippen LogP contribution in [0.25, 0.3) is 0 Å². The van der Waals surface area contributed by atoms with E-state index in [-0.39, 0.29) is 10.5 Å². The molecule has 1 aliphatic heterocycles. The summed E-state index contributed by atoms with van der Waals surface area (Å²) in [5.74, 6) is 0.449. The maximum Gasteiger partial charge on any atom is 0.343 e. The van der Waals surface area contributed by atoms with Crippen molar-refractivity contribution < 1.29 is 27.4 Å². The average molecular weight is 419 g/mol. The maximum atomic E-state index is 12.9. The molecule has 0 atom stereocenters. The number of aryl methyl sites for hydroxylation is 1. The highest BCUT2D eigenvalue weighted by Crippen LogP contribution is 2.23. The van der Waals surface area contributed by atoms with Crippen molar-refractivity contribution in [1.82, 2.24) is 4.31 Å². The minimum Gasteiger partial charge on any atom is -0.494 e. The van der Waals surface area contributed by atoms with Gasteiger partial charge in [0, 0.05) is 13.1 Å². The van der Waals surface area contributed by atoms with E-state index in [1.54, 1.807) is 37.3 Å². The molecule has 7 nitrogen and oxygen atoms in total. The summed E-state index contributed by atoms with van der Waals surface area (Å²) in [5, 5.41) is 0. The molecule has 0 unspecified atom stereocenters. The summed E-state index contributed by atoms with van der Waals surface area (Å²) in [4.78, 5) is 12.7. The third-order valence-corrected chi connectivity index (χ3v) is 6.44. The zero-order valence-corrected chi connectivity index (χ0v) is 17.4. The average Bonchev–Trinajstić information content (AvgIpc) is 2.74. The summed E-state index contributed by atoms with van der Waals surface area (Å²) >= 11 is 0. The maximum absolute atomic E-state index is 12.9. The zero-order chi connectivity index (χ0) is 20.9. The molecule has 0 N–H and O–H groups in total. The number of ether oxygens (including phenoxy) is 3. The van der Waals surface area contributed by atoms with Crippen LogP contribution >= 0.6 is 0 Å². The predicted octanol–water partition coefficient (Wildman–Crippen LogP) is 3.02. The standard InChI is InChI=1S/C21H25NO6S/c1-3-12-27-17-5-7-18(8-6-17)28-21(23)20-15-19(9-4-16(20)2)29(24,25)22-10-13-26-14-11-22/h4-9,15H,3,10-14H2,1-2H3. The van der Waals surface area contributed by atoms with E-state index >= 15 is 0 Å². The fourth-order valence-electron chi connectivity index (χ4n) is 2.90. The first-order chi connectivity index (χ1) is 13.9. The molecule has 0 spiro atoms. The van der Waals surface area contributed by atoms with E-state index in [2.05, 4.69) is 0 Å². The normalized spacial score (nSPS) is 15.1. The van der Waals surface area contributed by atoms with Crippen molar-refractivity contribution in [3.63, 3.8) is 0 Å². The fourth-order valence-corrected chi connectivity index (χ4v) is 4.34. The minimum atomic E-state index is -3.69. The van der Waals surface area contributed by atoms with Gasteiger partial charge < -0.3 is 14.2 Å². The molecule has 156 valence electrons. The number of nitrogens with zero attached hydrogens (tertiary/aromatic N) is 1. The van der Waals surface area contributed by atoms with Gasteiger partial charge in [-0.15, -0.1) is 0 Å². The molecule has 0 saturated carbocycles. The topological polar surface area (TPSA) is 82.1 Å². The second-order valence-electron chi connectivity index (χ2n) is 6.70. The van der Waals surface area contributed by atoms with E-state index in [9.17, 15) is 13.2 Å². The third-order valence-electron chi connectivity index (χ3n) is 4.54. The quantitative estimate of drug-likeness (QED) is 0.507. The minimum absolute atomic E-state index is 0.0697. The first kappa shape index (κ1) is 21.3. The molecular weight excluding hydrogens is 394 g/mol. The zero-order valence-electron chi connectivity index (χ0n) is 16.6. The number of rotatable bonds is 7. The number of sulfonamides is 1. The third kappa shape index (κ3) is 5.14. The van der Waals surface area contributed by atoms with Gasteiger partial charge in [-0.1, -0.05) is 13.0 Å². The molecule has 0 amide bonds. The molecule has 1 aliphatic rings. The fraction of sp³-hybridized carbons (Fsp3) is 0.381. The smallest absolute Gasteiger partial charge is 0.343 e. The van der Waals surface area contributed by atoms with Crippen molar-refractivity contribution in [2.75, 3.05) is 32.9 Å². The van der Waals surface area contributed by atoms with Gasteiger partial charge in [0.05, 0.1) is 30.3 Å².